The van der Waals surface area contributed by atoms with Crippen LogP contribution in [0.4, 0.5) is 5.69 Å². The highest BCUT2D eigenvalue weighted by Gasteiger charge is 2.20. The molecular formula is C20H15N3O5. The summed E-state index contributed by atoms with van der Waals surface area (Å²) in [6, 6.07) is 11.6. The second kappa shape index (κ2) is 6.99. The Labute approximate surface area is 159 Å². The minimum absolute atomic E-state index is 0.236. The van der Waals surface area contributed by atoms with Crippen LogP contribution in [-0.2, 0) is 4.74 Å². The van der Waals surface area contributed by atoms with Crippen molar-refractivity contribution in [2.24, 2.45) is 0 Å². The lowest BCUT2D eigenvalue weighted by atomic mass is 10.1. The van der Waals surface area contributed by atoms with Crippen LogP contribution in [0.1, 0.15) is 26.4 Å². The smallest absolute Gasteiger partial charge is 0.337 e. The maximum atomic E-state index is 13.0. The minimum atomic E-state index is -0.489. The maximum Gasteiger partial charge on any atom is 0.337 e. The fourth-order valence-electron chi connectivity index (χ4n) is 2.86. The number of nitrogens with one attached hydrogen (secondary N) is 1. The van der Waals surface area contributed by atoms with E-state index in [4.69, 9.17) is 13.7 Å². The molecule has 8 heteroatoms. The molecule has 0 bridgehead atoms. The van der Waals surface area contributed by atoms with E-state index in [9.17, 15) is 9.59 Å². The molecule has 4 aromatic rings. The summed E-state index contributed by atoms with van der Waals surface area (Å²) in [6.07, 6.45) is 1.52. The molecule has 0 atom stereocenters. The van der Waals surface area contributed by atoms with Crippen LogP contribution in [0.25, 0.3) is 22.6 Å². The Morgan fingerprint density at radius 2 is 2.00 bits per heavy atom. The van der Waals surface area contributed by atoms with E-state index in [1.807, 2.05) is 0 Å². The first-order valence-electron chi connectivity index (χ1n) is 8.37. The molecule has 4 rings (SSSR count). The van der Waals surface area contributed by atoms with Crippen LogP contribution in [0, 0.1) is 6.92 Å². The van der Waals surface area contributed by atoms with Crippen molar-refractivity contribution in [3.63, 3.8) is 0 Å². The lowest BCUT2D eigenvalue weighted by Gasteiger charge is -2.08. The predicted molar refractivity (Wildman–Crippen MR) is 100.0 cm³/mol. The molecular weight excluding hydrogens is 362 g/mol. The first kappa shape index (κ1) is 17.5. The van der Waals surface area contributed by atoms with Gasteiger partial charge < -0.3 is 19.0 Å². The number of anilines is 1. The van der Waals surface area contributed by atoms with E-state index in [0.29, 0.717) is 39.3 Å². The summed E-state index contributed by atoms with van der Waals surface area (Å²) in [5.41, 5.74) is 2.34. The van der Waals surface area contributed by atoms with Crippen LogP contribution < -0.4 is 5.32 Å². The van der Waals surface area contributed by atoms with Crippen LogP contribution >= 0.6 is 0 Å². The van der Waals surface area contributed by atoms with Crippen molar-refractivity contribution in [2.45, 2.75) is 6.92 Å². The molecule has 8 nitrogen and oxygen atoms in total. The molecule has 0 spiro atoms. The van der Waals surface area contributed by atoms with Crippen LogP contribution in [0.15, 0.2) is 57.7 Å². The highest BCUT2D eigenvalue weighted by molar-refractivity contribution is 6.13. The van der Waals surface area contributed by atoms with E-state index in [1.54, 1.807) is 43.3 Å². The Kier molecular flexibility index (Phi) is 4.36. The molecule has 0 unspecified atom stereocenters. The molecule has 3 heterocycles. The summed E-state index contributed by atoms with van der Waals surface area (Å²) in [5, 5.41) is 7.20. The van der Waals surface area contributed by atoms with E-state index < -0.39 is 11.9 Å². The van der Waals surface area contributed by atoms with Crippen LogP contribution in [0.5, 0.6) is 0 Å². The molecule has 3 aromatic heterocycles. The minimum Gasteiger partial charge on any atom is -0.465 e. The van der Waals surface area contributed by atoms with Crippen molar-refractivity contribution in [1.82, 2.24) is 10.1 Å². The molecule has 1 amide bonds. The van der Waals surface area contributed by atoms with Gasteiger partial charge in [-0.3, -0.25) is 4.79 Å². The van der Waals surface area contributed by atoms with Crippen molar-refractivity contribution in [1.29, 1.82) is 0 Å². The third kappa shape index (κ3) is 3.11. The number of esters is 1. The van der Waals surface area contributed by atoms with E-state index in [1.165, 1.54) is 19.4 Å². The quantitative estimate of drug-likeness (QED) is 0.539. The number of furan rings is 1. The average Bonchev–Trinajstić information content (AvgIpc) is 3.37. The van der Waals surface area contributed by atoms with Gasteiger partial charge in [0.1, 0.15) is 5.69 Å². The van der Waals surface area contributed by atoms with Crippen molar-refractivity contribution in [2.75, 3.05) is 12.4 Å². The molecule has 0 radical (unpaired) electrons. The van der Waals surface area contributed by atoms with E-state index in [0.717, 1.165) is 0 Å². The Bertz CT molecular complexity index is 1180. The van der Waals surface area contributed by atoms with Crippen LogP contribution in [0.2, 0.25) is 0 Å². The van der Waals surface area contributed by atoms with Gasteiger partial charge in [-0.1, -0.05) is 11.2 Å². The second-order valence-electron chi connectivity index (χ2n) is 6.01. The van der Waals surface area contributed by atoms with Gasteiger partial charge in [0.2, 0.25) is 0 Å². The van der Waals surface area contributed by atoms with Gasteiger partial charge in [0.15, 0.2) is 5.76 Å². The van der Waals surface area contributed by atoms with Crippen molar-refractivity contribution in [3.8, 4) is 11.5 Å². The standard InChI is InChI=1S/C20H15N3O5/c1-11-17-14(10-15(16-7-4-8-27-16)22-19(17)28-23-11)18(24)21-13-6-3-5-12(9-13)20(25)26-2/h3-10H,1-2H3,(H,21,24). The summed E-state index contributed by atoms with van der Waals surface area (Å²) in [4.78, 5) is 29.1. The third-order valence-corrected chi connectivity index (χ3v) is 4.18. The number of rotatable bonds is 4. The topological polar surface area (TPSA) is 107 Å². The number of aryl methyl sites for hydroxylation is 1. The van der Waals surface area contributed by atoms with Crippen LogP contribution in [0.3, 0.4) is 0 Å². The number of hydrogen-bond acceptors (Lipinski definition) is 7. The summed E-state index contributed by atoms with van der Waals surface area (Å²) in [7, 11) is 1.30. The fourth-order valence-corrected chi connectivity index (χ4v) is 2.86. The highest BCUT2D eigenvalue weighted by Crippen LogP contribution is 2.28. The second-order valence-corrected chi connectivity index (χ2v) is 6.01. The molecule has 0 aliphatic heterocycles. The summed E-state index contributed by atoms with van der Waals surface area (Å²) in [5.74, 6) is -0.386. The number of carbonyl (C=O) groups excluding carboxylic acids is 2. The largest absolute Gasteiger partial charge is 0.465 e. The molecule has 0 aliphatic rings. The maximum absolute atomic E-state index is 13.0. The molecule has 140 valence electrons. The Morgan fingerprint density at radius 3 is 2.75 bits per heavy atom. The summed E-state index contributed by atoms with van der Waals surface area (Å²) < 4.78 is 15.3. The molecule has 0 fully saturated rings. The molecule has 1 N–H and O–H groups in total. The van der Waals surface area contributed by atoms with Crippen molar-refractivity contribution >= 4 is 28.7 Å². The van der Waals surface area contributed by atoms with Crippen LogP contribution in [-0.4, -0.2) is 29.1 Å². The summed E-state index contributed by atoms with van der Waals surface area (Å²) in [6.45, 7) is 1.73. The number of amides is 1. The predicted octanol–water partition coefficient (Wildman–Crippen LogP) is 3.83. The van der Waals surface area contributed by atoms with Gasteiger partial charge in [-0.2, -0.15) is 0 Å². The monoisotopic (exact) mass is 377 g/mol. The number of fused-ring (bicyclic) bond motifs is 1. The lowest BCUT2D eigenvalue weighted by Crippen LogP contribution is -2.13. The number of nitrogens with zero attached hydrogens (tertiary/aromatic N) is 2. The Hall–Kier alpha value is -3.94. The van der Waals surface area contributed by atoms with Gasteiger partial charge in [0.05, 0.1) is 35.6 Å². The van der Waals surface area contributed by atoms with E-state index in [2.05, 4.69) is 15.5 Å². The average molecular weight is 377 g/mol. The zero-order valence-electron chi connectivity index (χ0n) is 15.1. The normalized spacial score (nSPS) is 10.8. The molecule has 0 saturated heterocycles. The van der Waals surface area contributed by atoms with Gasteiger partial charge in [0, 0.05) is 5.69 Å². The van der Waals surface area contributed by atoms with E-state index in [-0.39, 0.29) is 5.71 Å². The SMILES string of the molecule is COC(=O)c1cccc(NC(=O)c2cc(-c3ccco3)nc3onc(C)c23)c1. The van der Waals surface area contributed by atoms with Gasteiger partial charge in [0.25, 0.3) is 11.6 Å². The van der Waals surface area contributed by atoms with Gasteiger partial charge >= 0.3 is 5.97 Å². The highest BCUT2D eigenvalue weighted by atomic mass is 16.5. The number of aromatic nitrogens is 2. The number of ether oxygens (including phenoxy) is 1. The molecule has 0 saturated carbocycles. The van der Waals surface area contributed by atoms with Crippen molar-refractivity contribution < 1.29 is 23.3 Å². The van der Waals surface area contributed by atoms with Gasteiger partial charge in [-0.25, -0.2) is 9.78 Å². The summed E-state index contributed by atoms with van der Waals surface area (Å²) >= 11 is 0. The van der Waals surface area contributed by atoms with Crippen molar-refractivity contribution in [3.05, 3.63) is 65.5 Å². The number of pyridine rings is 1. The number of methoxy groups -OCH3 is 1. The van der Waals surface area contributed by atoms with Gasteiger partial charge in [-0.05, 0) is 43.3 Å². The fraction of sp³-hybridized carbons (Fsp3) is 0.100. The van der Waals surface area contributed by atoms with E-state index >= 15 is 0 Å². The Balaban J connectivity index is 1.75. The lowest BCUT2D eigenvalue weighted by molar-refractivity contribution is 0.0600. The zero-order chi connectivity index (χ0) is 19.7. The molecule has 1 aromatic carbocycles. The third-order valence-electron chi connectivity index (χ3n) is 4.18. The number of benzene rings is 1. The van der Waals surface area contributed by atoms with Gasteiger partial charge in [-0.15, -0.1) is 0 Å². The molecule has 28 heavy (non-hydrogen) atoms. The molecule has 0 aliphatic carbocycles. The number of hydrogen-bond donors (Lipinski definition) is 1. The first-order chi connectivity index (χ1) is 13.6. The first-order valence-corrected chi connectivity index (χ1v) is 8.37. The Morgan fingerprint density at radius 1 is 1.14 bits per heavy atom. The number of carbonyl (C=O) groups is 2. The zero-order valence-corrected chi connectivity index (χ0v) is 15.1.